The highest BCUT2D eigenvalue weighted by Crippen LogP contribution is 2.07. The van der Waals surface area contributed by atoms with Gasteiger partial charge in [0.25, 0.3) is 5.97 Å². The minimum absolute atomic E-state index is 0.231. The number of carbonyl (C=O) groups excluding carboxylic acids is 1. The molecule has 76 valence electrons. The minimum Gasteiger partial charge on any atom is -0.481 e. The smallest absolute Gasteiger partial charge is 0.300 e. The molecule has 1 amide bonds. The molecule has 13 heavy (non-hydrogen) atoms. The summed E-state index contributed by atoms with van der Waals surface area (Å²) in [6.45, 7) is 4.69. The van der Waals surface area contributed by atoms with Gasteiger partial charge in [0.1, 0.15) is 0 Å². The standard InChI is InChI=1S/C7H13NO.C2H4O2/c1-7(9)8-5-3-2-4-6-8;1-2(3)4/h2-6H2,1H3;1H3,(H,3,4). The van der Waals surface area contributed by atoms with Gasteiger partial charge in [-0.15, -0.1) is 0 Å². The lowest BCUT2D eigenvalue weighted by molar-refractivity contribution is -0.134. The number of piperidine rings is 1. The first-order valence-electron chi connectivity index (χ1n) is 4.49. The van der Waals surface area contributed by atoms with Crippen LogP contribution in [0, 0.1) is 0 Å². The van der Waals surface area contributed by atoms with Gasteiger partial charge in [-0.05, 0) is 19.3 Å². The van der Waals surface area contributed by atoms with Crippen molar-refractivity contribution in [1.29, 1.82) is 0 Å². The zero-order valence-electron chi connectivity index (χ0n) is 8.25. The number of amides is 1. The maximum atomic E-state index is 10.7. The number of carboxylic acid groups (broad SMARTS) is 1. The molecular formula is C9H17NO3. The minimum atomic E-state index is -0.833. The number of hydrogen-bond donors (Lipinski definition) is 1. The van der Waals surface area contributed by atoms with Crippen molar-refractivity contribution in [2.24, 2.45) is 0 Å². The van der Waals surface area contributed by atoms with Gasteiger partial charge in [-0.25, -0.2) is 0 Å². The molecule has 0 aromatic heterocycles. The number of likely N-dealkylation sites (tertiary alicyclic amines) is 1. The van der Waals surface area contributed by atoms with Crippen LogP contribution in [-0.4, -0.2) is 35.0 Å². The van der Waals surface area contributed by atoms with Crippen LogP contribution in [0.15, 0.2) is 0 Å². The summed E-state index contributed by atoms with van der Waals surface area (Å²) in [5.41, 5.74) is 0. The van der Waals surface area contributed by atoms with E-state index >= 15 is 0 Å². The van der Waals surface area contributed by atoms with Crippen molar-refractivity contribution in [3.8, 4) is 0 Å². The normalized spacial score (nSPS) is 15.7. The van der Waals surface area contributed by atoms with E-state index in [0.29, 0.717) is 0 Å². The Bertz CT molecular complexity index is 170. The van der Waals surface area contributed by atoms with Crippen LogP contribution in [-0.2, 0) is 9.59 Å². The number of nitrogens with zero attached hydrogens (tertiary/aromatic N) is 1. The molecule has 0 radical (unpaired) electrons. The quantitative estimate of drug-likeness (QED) is 0.618. The summed E-state index contributed by atoms with van der Waals surface area (Å²) in [6, 6.07) is 0. The highest BCUT2D eigenvalue weighted by Gasteiger charge is 2.10. The van der Waals surface area contributed by atoms with Crippen molar-refractivity contribution >= 4 is 11.9 Å². The van der Waals surface area contributed by atoms with E-state index in [1.807, 2.05) is 4.90 Å². The average Bonchev–Trinajstić information content (AvgIpc) is 2.05. The first-order valence-corrected chi connectivity index (χ1v) is 4.49. The zero-order valence-corrected chi connectivity index (χ0v) is 8.25. The molecule has 0 bridgehead atoms. The predicted octanol–water partition coefficient (Wildman–Crippen LogP) is 1.11. The second kappa shape index (κ2) is 6.46. The zero-order chi connectivity index (χ0) is 10.3. The van der Waals surface area contributed by atoms with Gasteiger partial charge < -0.3 is 10.0 Å². The van der Waals surface area contributed by atoms with E-state index in [0.717, 1.165) is 20.0 Å². The molecule has 0 unspecified atom stereocenters. The molecule has 4 heteroatoms. The average molecular weight is 187 g/mol. The number of carbonyl (C=O) groups is 2. The van der Waals surface area contributed by atoms with Gasteiger partial charge in [0.15, 0.2) is 0 Å². The van der Waals surface area contributed by atoms with E-state index in [1.54, 1.807) is 6.92 Å². The Morgan fingerprint density at radius 1 is 1.08 bits per heavy atom. The highest BCUT2D eigenvalue weighted by atomic mass is 16.4. The molecular weight excluding hydrogens is 170 g/mol. The Balaban J connectivity index is 0.000000310. The van der Waals surface area contributed by atoms with E-state index in [4.69, 9.17) is 9.90 Å². The molecule has 0 atom stereocenters. The summed E-state index contributed by atoms with van der Waals surface area (Å²) in [5, 5.41) is 7.42. The SMILES string of the molecule is CC(=O)N1CCCCC1.CC(=O)O. The molecule has 4 nitrogen and oxygen atoms in total. The predicted molar refractivity (Wildman–Crippen MR) is 49.4 cm³/mol. The van der Waals surface area contributed by atoms with Crippen molar-refractivity contribution < 1.29 is 14.7 Å². The monoisotopic (exact) mass is 187 g/mol. The third kappa shape index (κ3) is 7.31. The molecule has 1 saturated heterocycles. The van der Waals surface area contributed by atoms with Crippen LogP contribution in [0.1, 0.15) is 33.1 Å². The summed E-state index contributed by atoms with van der Waals surface area (Å²) in [7, 11) is 0. The lowest BCUT2D eigenvalue weighted by Crippen LogP contribution is -2.33. The Morgan fingerprint density at radius 3 is 1.69 bits per heavy atom. The molecule has 1 heterocycles. The van der Waals surface area contributed by atoms with Crippen LogP contribution >= 0.6 is 0 Å². The summed E-state index contributed by atoms with van der Waals surface area (Å²) in [4.78, 5) is 21.6. The van der Waals surface area contributed by atoms with Gasteiger partial charge in [-0.1, -0.05) is 0 Å². The van der Waals surface area contributed by atoms with E-state index in [2.05, 4.69) is 0 Å². The van der Waals surface area contributed by atoms with Crippen LogP contribution in [0.4, 0.5) is 0 Å². The van der Waals surface area contributed by atoms with E-state index in [1.165, 1.54) is 19.3 Å². The second-order valence-electron chi connectivity index (χ2n) is 3.09. The Hall–Kier alpha value is -1.06. The van der Waals surface area contributed by atoms with Crippen LogP contribution in [0.3, 0.4) is 0 Å². The molecule has 1 N–H and O–H groups in total. The van der Waals surface area contributed by atoms with Crippen molar-refractivity contribution in [2.45, 2.75) is 33.1 Å². The molecule has 0 saturated carbocycles. The molecule has 1 fully saturated rings. The summed E-state index contributed by atoms with van der Waals surface area (Å²) in [6.07, 6.45) is 3.68. The van der Waals surface area contributed by atoms with Gasteiger partial charge in [-0.3, -0.25) is 9.59 Å². The van der Waals surface area contributed by atoms with Gasteiger partial charge in [-0.2, -0.15) is 0 Å². The number of rotatable bonds is 0. The Labute approximate surface area is 78.5 Å². The third-order valence-electron chi connectivity index (χ3n) is 1.80. The molecule has 1 rings (SSSR count). The number of aliphatic carboxylic acids is 1. The van der Waals surface area contributed by atoms with E-state index in [9.17, 15) is 4.79 Å². The number of hydrogen-bond acceptors (Lipinski definition) is 2. The topological polar surface area (TPSA) is 57.6 Å². The molecule has 1 aliphatic heterocycles. The molecule has 0 spiro atoms. The van der Waals surface area contributed by atoms with Crippen molar-refractivity contribution in [3.05, 3.63) is 0 Å². The lowest BCUT2D eigenvalue weighted by atomic mass is 10.1. The fraction of sp³-hybridized carbons (Fsp3) is 0.778. The van der Waals surface area contributed by atoms with Gasteiger partial charge >= 0.3 is 0 Å². The molecule has 0 aromatic carbocycles. The first-order chi connectivity index (χ1) is 6.04. The van der Waals surface area contributed by atoms with Gasteiger partial charge in [0.05, 0.1) is 0 Å². The summed E-state index contributed by atoms with van der Waals surface area (Å²) in [5.74, 6) is -0.602. The highest BCUT2D eigenvalue weighted by molar-refractivity contribution is 5.73. The van der Waals surface area contributed by atoms with Crippen LogP contribution in [0.25, 0.3) is 0 Å². The van der Waals surface area contributed by atoms with Crippen LogP contribution in [0.2, 0.25) is 0 Å². The maximum absolute atomic E-state index is 10.7. The van der Waals surface area contributed by atoms with E-state index < -0.39 is 5.97 Å². The van der Waals surface area contributed by atoms with Crippen molar-refractivity contribution in [1.82, 2.24) is 4.90 Å². The van der Waals surface area contributed by atoms with Crippen LogP contribution in [0.5, 0.6) is 0 Å². The largest absolute Gasteiger partial charge is 0.481 e. The fourth-order valence-electron chi connectivity index (χ4n) is 1.21. The van der Waals surface area contributed by atoms with Gasteiger partial charge in [0, 0.05) is 26.9 Å². The third-order valence-corrected chi connectivity index (χ3v) is 1.80. The molecule has 0 aliphatic carbocycles. The Morgan fingerprint density at radius 2 is 1.46 bits per heavy atom. The lowest BCUT2D eigenvalue weighted by Gasteiger charge is -2.24. The molecule has 0 aromatic rings. The van der Waals surface area contributed by atoms with Crippen molar-refractivity contribution in [2.75, 3.05) is 13.1 Å². The van der Waals surface area contributed by atoms with Crippen molar-refractivity contribution in [3.63, 3.8) is 0 Å². The fourth-order valence-corrected chi connectivity index (χ4v) is 1.21. The first kappa shape index (κ1) is 11.9. The summed E-state index contributed by atoms with van der Waals surface area (Å²) < 4.78 is 0. The second-order valence-corrected chi connectivity index (χ2v) is 3.09. The van der Waals surface area contributed by atoms with E-state index in [-0.39, 0.29) is 5.91 Å². The Kier molecular flexibility index (Phi) is 5.93. The molecule has 1 aliphatic rings. The maximum Gasteiger partial charge on any atom is 0.300 e. The van der Waals surface area contributed by atoms with Gasteiger partial charge in [0.2, 0.25) is 5.91 Å². The van der Waals surface area contributed by atoms with Crippen LogP contribution < -0.4 is 0 Å². The number of carboxylic acids is 1. The summed E-state index contributed by atoms with van der Waals surface area (Å²) >= 11 is 0.